The van der Waals surface area contributed by atoms with Crippen molar-refractivity contribution in [1.29, 1.82) is 0 Å². The lowest BCUT2D eigenvalue weighted by Crippen LogP contribution is -2.12. The van der Waals surface area contributed by atoms with E-state index in [1.165, 1.54) is 11.3 Å². The number of aliphatic hydroxyl groups is 1. The first-order valence-electron chi connectivity index (χ1n) is 2.96. The van der Waals surface area contributed by atoms with Crippen LogP contribution in [0.2, 0.25) is 0 Å². The highest BCUT2D eigenvalue weighted by Gasteiger charge is 2.09. The Balaban J connectivity index is 2.88. The third-order valence-corrected chi connectivity index (χ3v) is 4.61. The lowest BCUT2D eigenvalue weighted by atomic mass is 10.3. The van der Waals surface area contributed by atoms with Gasteiger partial charge in [-0.25, -0.2) is 0 Å². The molecule has 2 nitrogen and oxygen atoms in total. The Morgan fingerprint density at radius 3 is 2.64 bits per heavy atom. The van der Waals surface area contributed by atoms with Crippen molar-refractivity contribution >= 4 is 43.2 Å². The topological polar surface area (TPSA) is 46.2 Å². The smallest absolute Gasteiger partial charge is 0.0843 e. The molecule has 0 fully saturated rings. The maximum absolute atomic E-state index is 8.74. The van der Waals surface area contributed by atoms with Gasteiger partial charge in [0.15, 0.2) is 0 Å². The van der Waals surface area contributed by atoms with Crippen LogP contribution in [-0.2, 0) is 0 Å². The molecule has 0 aromatic carbocycles. The summed E-state index contributed by atoms with van der Waals surface area (Å²) < 4.78 is 2.00. The van der Waals surface area contributed by atoms with Gasteiger partial charge in [0.25, 0.3) is 0 Å². The van der Waals surface area contributed by atoms with Gasteiger partial charge in [0.2, 0.25) is 0 Å². The summed E-state index contributed by atoms with van der Waals surface area (Å²) in [4.78, 5) is 0.978. The number of hydrogen-bond donors (Lipinski definition) is 2. The highest BCUT2D eigenvalue weighted by Crippen LogP contribution is 2.34. The molecule has 0 aliphatic carbocycles. The fraction of sp³-hybridized carbons (Fsp3) is 0.333. The normalized spacial score (nSPS) is 13.5. The number of hydrogen-bond acceptors (Lipinski definition) is 3. The van der Waals surface area contributed by atoms with E-state index >= 15 is 0 Å². The van der Waals surface area contributed by atoms with Gasteiger partial charge in [-0.3, -0.25) is 0 Å². The lowest BCUT2D eigenvalue weighted by Gasteiger charge is -2.02. The Kier molecular flexibility index (Phi) is 3.52. The number of nitrogens with two attached hydrogens (primary N) is 1. The number of halogens is 2. The van der Waals surface area contributed by atoms with Gasteiger partial charge in [-0.1, -0.05) is 0 Å². The second-order valence-electron chi connectivity index (χ2n) is 2.06. The van der Waals surface area contributed by atoms with Gasteiger partial charge < -0.3 is 10.8 Å². The van der Waals surface area contributed by atoms with E-state index in [4.69, 9.17) is 10.8 Å². The highest BCUT2D eigenvalue weighted by molar-refractivity contribution is 9.13. The second kappa shape index (κ2) is 4.00. The lowest BCUT2D eigenvalue weighted by molar-refractivity contribution is 0.269. The van der Waals surface area contributed by atoms with Gasteiger partial charge in [-0.15, -0.1) is 11.3 Å². The molecule has 1 rings (SSSR count). The van der Waals surface area contributed by atoms with Crippen molar-refractivity contribution in [2.45, 2.75) is 6.04 Å². The minimum absolute atomic E-state index is 0.0145. The molecule has 0 spiro atoms. The minimum atomic E-state index is -0.261. The van der Waals surface area contributed by atoms with Crippen molar-refractivity contribution in [3.63, 3.8) is 0 Å². The predicted molar refractivity (Wildman–Crippen MR) is 53.7 cm³/mol. The van der Waals surface area contributed by atoms with Crippen LogP contribution in [-0.4, -0.2) is 11.7 Å². The number of thiophene rings is 1. The molecule has 0 unspecified atom stereocenters. The minimum Gasteiger partial charge on any atom is -0.394 e. The molecule has 1 heterocycles. The Morgan fingerprint density at radius 2 is 2.27 bits per heavy atom. The molecular formula is C6H7Br2NOS. The van der Waals surface area contributed by atoms with E-state index in [0.29, 0.717) is 0 Å². The van der Waals surface area contributed by atoms with Crippen LogP contribution in [0.5, 0.6) is 0 Å². The monoisotopic (exact) mass is 299 g/mol. The van der Waals surface area contributed by atoms with Crippen LogP contribution >= 0.6 is 43.2 Å². The third-order valence-electron chi connectivity index (χ3n) is 1.23. The van der Waals surface area contributed by atoms with Crippen LogP contribution in [0.4, 0.5) is 0 Å². The summed E-state index contributed by atoms with van der Waals surface area (Å²) in [6.45, 7) is -0.0145. The summed E-state index contributed by atoms with van der Waals surface area (Å²) in [5.74, 6) is 0. The first-order valence-corrected chi connectivity index (χ1v) is 5.36. The zero-order valence-electron chi connectivity index (χ0n) is 5.55. The molecule has 11 heavy (non-hydrogen) atoms. The fourth-order valence-electron chi connectivity index (χ4n) is 0.636. The molecule has 0 radical (unpaired) electrons. The maximum atomic E-state index is 8.74. The molecule has 1 aromatic heterocycles. The summed E-state index contributed by atoms with van der Waals surface area (Å²) in [7, 11) is 0. The standard InChI is InChI=1S/C6H7Br2NOS/c7-3-1-5(4(9)2-10)11-6(3)8/h1,4,10H,2,9H2/t4-/m1/s1. The zero-order valence-corrected chi connectivity index (χ0v) is 9.54. The second-order valence-corrected chi connectivity index (χ2v) is 5.32. The van der Waals surface area contributed by atoms with Crippen LogP contribution in [0.3, 0.4) is 0 Å². The number of aliphatic hydroxyl groups excluding tert-OH is 1. The van der Waals surface area contributed by atoms with E-state index in [1.807, 2.05) is 6.07 Å². The van der Waals surface area contributed by atoms with E-state index in [9.17, 15) is 0 Å². The molecule has 3 N–H and O–H groups in total. The SMILES string of the molecule is N[C@H](CO)c1cc(Br)c(Br)s1. The summed E-state index contributed by atoms with van der Waals surface area (Å²) >= 11 is 8.22. The maximum Gasteiger partial charge on any atom is 0.0843 e. The van der Waals surface area contributed by atoms with E-state index in [2.05, 4.69) is 31.9 Å². The predicted octanol–water partition coefficient (Wildman–Crippen LogP) is 2.27. The van der Waals surface area contributed by atoms with Gasteiger partial charge in [-0.05, 0) is 37.9 Å². The van der Waals surface area contributed by atoms with E-state index in [0.717, 1.165) is 13.1 Å². The van der Waals surface area contributed by atoms with Gasteiger partial charge >= 0.3 is 0 Å². The van der Waals surface area contributed by atoms with Crippen LogP contribution in [0.25, 0.3) is 0 Å². The molecular weight excluding hydrogens is 294 g/mol. The van der Waals surface area contributed by atoms with Crippen LogP contribution in [0, 0.1) is 0 Å². The summed E-state index contributed by atoms with van der Waals surface area (Å²) in [5.41, 5.74) is 5.60. The van der Waals surface area contributed by atoms with Gasteiger partial charge in [0, 0.05) is 9.35 Å². The molecule has 5 heteroatoms. The Hall–Kier alpha value is 0.580. The molecule has 1 atom stereocenters. The highest BCUT2D eigenvalue weighted by atomic mass is 79.9. The molecule has 62 valence electrons. The Labute approximate surface area is 85.7 Å². The van der Waals surface area contributed by atoms with E-state index in [-0.39, 0.29) is 12.6 Å². The van der Waals surface area contributed by atoms with Gasteiger partial charge in [0.05, 0.1) is 16.4 Å². The zero-order chi connectivity index (χ0) is 8.43. The van der Waals surface area contributed by atoms with E-state index < -0.39 is 0 Å². The summed E-state index contributed by atoms with van der Waals surface area (Å²) in [6.07, 6.45) is 0. The summed E-state index contributed by atoms with van der Waals surface area (Å²) in [5, 5.41) is 8.74. The Bertz CT molecular complexity index is 231. The molecule has 1 aromatic rings. The van der Waals surface area contributed by atoms with Crippen molar-refractivity contribution in [1.82, 2.24) is 0 Å². The molecule has 0 amide bonds. The summed E-state index contributed by atoms with van der Waals surface area (Å²) in [6, 6.07) is 1.65. The molecule has 0 saturated heterocycles. The quantitative estimate of drug-likeness (QED) is 0.880. The van der Waals surface area contributed by atoms with Crippen molar-refractivity contribution < 1.29 is 5.11 Å². The third kappa shape index (κ3) is 2.26. The molecule has 0 saturated carbocycles. The van der Waals surface area contributed by atoms with Crippen molar-refractivity contribution in [2.75, 3.05) is 6.61 Å². The average Bonchev–Trinajstić information content (AvgIpc) is 2.31. The fourth-order valence-corrected chi connectivity index (χ4v) is 2.72. The van der Waals surface area contributed by atoms with Crippen LogP contribution in [0.1, 0.15) is 10.9 Å². The largest absolute Gasteiger partial charge is 0.394 e. The molecule has 0 aliphatic heterocycles. The first kappa shape index (κ1) is 9.67. The van der Waals surface area contributed by atoms with E-state index in [1.54, 1.807) is 0 Å². The average molecular weight is 301 g/mol. The van der Waals surface area contributed by atoms with Crippen molar-refractivity contribution in [3.05, 3.63) is 19.2 Å². The molecule has 0 bridgehead atoms. The van der Waals surface area contributed by atoms with Gasteiger partial charge in [-0.2, -0.15) is 0 Å². The Morgan fingerprint density at radius 1 is 1.64 bits per heavy atom. The first-order chi connectivity index (χ1) is 5.15. The van der Waals surface area contributed by atoms with Crippen molar-refractivity contribution in [3.8, 4) is 0 Å². The van der Waals surface area contributed by atoms with Crippen LogP contribution in [0.15, 0.2) is 14.3 Å². The van der Waals surface area contributed by atoms with Crippen molar-refractivity contribution in [2.24, 2.45) is 5.73 Å². The molecule has 0 aliphatic rings. The number of rotatable bonds is 2. The van der Waals surface area contributed by atoms with Crippen LogP contribution < -0.4 is 5.73 Å². The van der Waals surface area contributed by atoms with Gasteiger partial charge in [0.1, 0.15) is 0 Å².